The van der Waals surface area contributed by atoms with Crippen LogP contribution >= 0.6 is 0 Å². The van der Waals surface area contributed by atoms with Gasteiger partial charge in [-0.05, 0) is 80.8 Å². The van der Waals surface area contributed by atoms with Crippen molar-refractivity contribution in [1.82, 2.24) is 14.9 Å². The van der Waals surface area contributed by atoms with Crippen molar-refractivity contribution in [2.45, 2.75) is 63.8 Å². The molecule has 2 aromatic carbocycles. The summed E-state index contributed by atoms with van der Waals surface area (Å²) in [5.74, 6) is 1.47. The fourth-order valence-corrected chi connectivity index (χ4v) is 5.44. The van der Waals surface area contributed by atoms with Gasteiger partial charge in [-0.1, -0.05) is 18.2 Å². The van der Waals surface area contributed by atoms with Crippen molar-refractivity contribution in [1.29, 1.82) is 0 Å². The molecule has 2 aliphatic rings. The lowest BCUT2D eigenvalue weighted by molar-refractivity contribution is -0.143. The Kier molecular flexibility index (Phi) is 6.81. The molecular formula is C28H30F4N4O. The SMILES string of the molecule is Cc1nc(N[C@H](C)c2cccc(C(F)(F)F)c2)c2cc([C@H]3CC[C@H](C(=O)N4CC(F)C4)CC3)ccc2n1. The van der Waals surface area contributed by atoms with E-state index in [0.717, 1.165) is 54.3 Å². The van der Waals surface area contributed by atoms with Crippen LogP contribution in [0, 0.1) is 12.8 Å². The highest BCUT2D eigenvalue weighted by atomic mass is 19.4. The quantitative estimate of drug-likeness (QED) is 0.391. The van der Waals surface area contributed by atoms with Crippen LogP contribution in [0.3, 0.4) is 0 Å². The zero-order valence-electron chi connectivity index (χ0n) is 20.9. The summed E-state index contributed by atoms with van der Waals surface area (Å²) >= 11 is 0. The molecule has 5 nitrogen and oxygen atoms in total. The Balaban J connectivity index is 1.34. The van der Waals surface area contributed by atoms with Gasteiger partial charge in [0.2, 0.25) is 5.91 Å². The number of anilines is 1. The Morgan fingerprint density at radius 1 is 1.05 bits per heavy atom. The number of fused-ring (bicyclic) bond motifs is 1. The third kappa shape index (κ3) is 5.40. The summed E-state index contributed by atoms with van der Waals surface area (Å²) in [6.45, 7) is 4.04. The normalized spacial score (nSPS) is 21.5. The number of rotatable bonds is 5. The number of benzene rings is 2. The van der Waals surface area contributed by atoms with E-state index in [4.69, 9.17) is 0 Å². The van der Waals surface area contributed by atoms with Gasteiger partial charge >= 0.3 is 6.18 Å². The van der Waals surface area contributed by atoms with Crippen LogP contribution in [0.5, 0.6) is 0 Å². The number of likely N-dealkylation sites (tertiary alicyclic amines) is 1. The summed E-state index contributed by atoms with van der Waals surface area (Å²) in [5.41, 5.74) is 1.72. The van der Waals surface area contributed by atoms with Gasteiger partial charge in [0.15, 0.2) is 0 Å². The largest absolute Gasteiger partial charge is 0.416 e. The summed E-state index contributed by atoms with van der Waals surface area (Å²) in [6, 6.07) is 11.0. The molecule has 2 heterocycles. The summed E-state index contributed by atoms with van der Waals surface area (Å²) in [6.07, 6.45) is -2.01. The minimum atomic E-state index is -4.41. The van der Waals surface area contributed by atoms with Crippen molar-refractivity contribution in [3.63, 3.8) is 0 Å². The first kappa shape index (κ1) is 25.4. The van der Waals surface area contributed by atoms with Gasteiger partial charge in [-0.25, -0.2) is 14.4 Å². The number of nitrogens with one attached hydrogen (secondary N) is 1. The van der Waals surface area contributed by atoms with Crippen molar-refractivity contribution in [3.8, 4) is 0 Å². The maximum absolute atomic E-state index is 13.2. The highest BCUT2D eigenvalue weighted by Gasteiger charge is 2.36. The molecule has 1 aliphatic heterocycles. The maximum atomic E-state index is 13.2. The molecule has 1 aromatic heterocycles. The fraction of sp³-hybridized carbons (Fsp3) is 0.464. The van der Waals surface area contributed by atoms with Gasteiger partial charge in [0.25, 0.3) is 0 Å². The minimum absolute atomic E-state index is 0.0410. The molecule has 0 spiro atoms. The van der Waals surface area contributed by atoms with E-state index in [9.17, 15) is 22.4 Å². The number of nitrogens with zero attached hydrogens (tertiary/aromatic N) is 3. The van der Waals surface area contributed by atoms with E-state index in [1.54, 1.807) is 17.9 Å². The number of amides is 1. The van der Waals surface area contributed by atoms with Gasteiger partial charge in [-0.3, -0.25) is 4.79 Å². The first-order valence-corrected chi connectivity index (χ1v) is 12.7. The van der Waals surface area contributed by atoms with Crippen molar-refractivity contribution < 1.29 is 22.4 Å². The van der Waals surface area contributed by atoms with E-state index in [0.29, 0.717) is 17.2 Å². The van der Waals surface area contributed by atoms with Gasteiger partial charge in [-0.2, -0.15) is 13.2 Å². The molecule has 1 amide bonds. The van der Waals surface area contributed by atoms with Crippen LogP contribution in [0.2, 0.25) is 0 Å². The number of alkyl halides is 4. The molecule has 196 valence electrons. The smallest absolute Gasteiger partial charge is 0.363 e. The van der Waals surface area contributed by atoms with Crippen molar-refractivity contribution in [2.24, 2.45) is 5.92 Å². The van der Waals surface area contributed by atoms with Crippen LogP contribution < -0.4 is 5.32 Å². The molecule has 2 fully saturated rings. The molecule has 1 saturated carbocycles. The highest BCUT2D eigenvalue weighted by Crippen LogP contribution is 2.39. The zero-order chi connectivity index (χ0) is 26.3. The Labute approximate surface area is 213 Å². The lowest BCUT2D eigenvalue weighted by Gasteiger charge is -2.38. The van der Waals surface area contributed by atoms with E-state index >= 15 is 0 Å². The summed E-state index contributed by atoms with van der Waals surface area (Å²) in [4.78, 5) is 23.3. The van der Waals surface area contributed by atoms with Crippen LogP contribution in [0.1, 0.15) is 67.1 Å². The molecule has 1 aliphatic carbocycles. The Hall–Kier alpha value is -3.23. The van der Waals surface area contributed by atoms with Gasteiger partial charge in [0, 0.05) is 17.3 Å². The molecule has 9 heteroatoms. The van der Waals surface area contributed by atoms with Gasteiger partial charge in [0.1, 0.15) is 17.8 Å². The zero-order valence-corrected chi connectivity index (χ0v) is 20.9. The lowest BCUT2D eigenvalue weighted by Crippen LogP contribution is -2.53. The predicted molar refractivity (Wildman–Crippen MR) is 134 cm³/mol. The van der Waals surface area contributed by atoms with Gasteiger partial charge in [-0.15, -0.1) is 0 Å². The second-order valence-electron chi connectivity index (χ2n) is 10.3. The van der Waals surface area contributed by atoms with Crippen molar-refractivity contribution >= 4 is 22.6 Å². The van der Waals surface area contributed by atoms with Crippen LogP contribution in [0.25, 0.3) is 10.9 Å². The number of carbonyl (C=O) groups is 1. The first-order valence-electron chi connectivity index (χ1n) is 12.7. The molecule has 5 rings (SSSR count). The summed E-state index contributed by atoms with van der Waals surface area (Å²) in [5, 5.41) is 4.12. The summed E-state index contributed by atoms with van der Waals surface area (Å²) in [7, 11) is 0. The number of hydrogen-bond donors (Lipinski definition) is 1. The van der Waals surface area contributed by atoms with E-state index < -0.39 is 24.0 Å². The Morgan fingerprint density at radius 3 is 2.46 bits per heavy atom. The van der Waals surface area contributed by atoms with E-state index in [1.165, 1.54) is 6.07 Å². The second kappa shape index (κ2) is 9.91. The van der Waals surface area contributed by atoms with Crippen LogP contribution in [-0.4, -0.2) is 40.0 Å². The number of aromatic nitrogens is 2. The first-order chi connectivity index (χ1) is 17.6. The number of aryl methyl sites for hydroxylation is 1. The van der Waals surface area contributed by atoms with E-state index in [2.05, 4.69) is 27.4 Å². The van der Waals surface area contributed by atoms with Crippen molar-refractivity contribution in [2.75, 3.05) is 18.4 Å². The van der Waals surface area contributed by atoms with E-state index in [1.807, 2.05) is 13.0 Å². The third-order valence-electron chi connectivity index (χ3n) is 7.60. The topological polar surface area (TPSA) is 58.1 Å². The standard InChI is InChI=1S/C28H30F4N4O/c1-16(20-4-3-5-22(12-20)28(30,31)32)33-26-24-13-21(10-11-25(24)34-17(2)35-26)18-6-8-19(9-7-18)27(37)36-14-23(29)15-36/h3-5,10-13,16,18-19,23H,6-9,14-15H2,1-2H3,(H,33,34,35)/t16-,18-,19-/m1/s1. The number of halogens is 4. The van der Waals surface area contributed by atoms with Crippen LogP contribution in [0.4, 0.5) is 23.4 Å². The fourth-order valence-electron chi connectivity index (χ4n) is 5.44. The van der Waals surface area contributed by atoms with Crippen LogP contribution in [-0.2, 0) is 11.0 Å². The number of hydrogen-bond acceptors (Lipinski definition) is 4. The minimum Gasteiger partial charge on any atom is -0.363 e. The molecule has 1 N–H and O–H groups in total. The maximum Gasteiger partial charge on any atom is 0.416 e. The molecule has 0 radical (unpaired) electrons. The molecule has 0 bridgehead atoms. The molecule has 1 saturated heterocycles. The highest BCUT2D eigenvalue weighted by molar-refractivity contribution is 5.90. The average Bonchev–Trinajstić information content (AvgIpc) is 2.86. The molecule has 1 atom stereocenters. The molecular weight excluding hydrogens is 484 g/mol. The van der Waals surface area contributed by atoms with Crippen molar-refractivity contribution in [3.05, 3.63) is 65.0 Å². The monoisotopic (exact) mass is 514 g/mol. The van der Waals surface area contributed by atoms with E-state index in [-0.39, 0.29) is 30.8 Å². The molecule has 3 aromatic rings. The van der Waals surface area contributed by atoms with Gasteiger partial charge < -0.3 is 10.2 Å². The lowest BCUT2D eigenvalue weighted by atomic mass is 9.77. The molecule has 0 unspecified atom stereocenters. The van der Waals surface area contributed by atoms with Gasteiger partial charge in [0.05, 0.1) is 24.2 Å². The Bertz CT molecular complexity index is 1300. The predicted octanol–water partition coefficient (Wildman–Crippen LogP) is 6.58. The Morgan fingerprint density at radius 2 is 1.78 bits per heavy atom. The second-order valence-corrected chi connectivity index (χ2v) is 10.3. The van der Waals surface area contributed by atoms with Crippen LogP contribution in [0.15, 0.2) is 42.5 Å². The average molecular weight is 515 g/mol. The molecule has 37 heavy (non-hydrogen) atoms. The third-order valence-corrected chi connectivity index (χ3v) is 7.60. The summed E-state index contributed by atoms with van der Waals surface area (Å²) < 4.78 is 52.8. The number of carbonyl (C=O) groups excluding carboxylic acids is 1.